The number of hydrogen-bond acceptors (Lipinski definition) is 4. The second-order valence-corrected chi connectivity index (χ2v) is 5.91. The van der Waals surface area contributed by atoms with Crippen molar-refractivity contribution in [2.75, 3.05) is 7.11 Å². The third-order valence-electron chi connectivity index (χ3n) is 4.21. The smallest absolute Gasteiger partial charge is 0.268 e. The number of nitrogens with one attached hydrogen (secondary N) is 1. The van der Waals surface area contributed by atoms with Gasteiger partial charge in [0.25, 0.3) is 5.91 Å². The Morgan fingerprint density at radius 1 is 1.12 bits per heavy atom. The van der Waals surface area contributed by atoms with Gasteiger partial charge in [-0.3, -0.25) is 4.79 Å². The van der Waals surface area contributed by atoms with Gasteiger partial charge in [-0.25, -0.2) is 0 Å². The summed E-state index contributed by atoms with van der Waals surface area (Å²) in [5.74, 6) is 1.29. The normalized spacial score (nSPS) is 11.0. The molecule has 6 nitrogen and oxygen atoms in total. The fourth-order valence-corrected chi connectivity index (χ4v) is 2.94. The SMILES string of the molecule is COc1cccc(Cn2c(C(=O)NCc3ccco3)cc3ccoc32)c1. The van der Waals surface area contributed by atoms with Gasteiger partial charge in [0.15, 0.2) is 0 Å². The minimum atomic E-state index is -0.185. The predicted molar refractivity (Wildman–Crippen MR) is 96.2 cm³/mol. The zero-order chi connectivity index (χ0) is 17.9. The van der Waals surface area contributed by atoms with Gasteiger partial charge in [-0.05, 0) is 42.0 Å². The molecule has 4 aromatic rings. The highest BCUT2D eigenvalue weighted by atomic mass is 16.5. The van der Waals surface area contributed by atoms with Crippen molar-refractivity contribution < 1.29 is 18.4 Å². The van der Waals surface area contributed by atoms with Crippen LogP contribution in [0.4, 0.5) is 0 Å². The quantitative estimate of drug-likeness (QED) is 0.574. The average Bonchev–Trinajstić information content (AvgIpc) is 3.39. The number of rotatable bonds is 6. The monoisotopic (exact) mass is 350 g/mol. The summed E-state index contributed by atoms with van der Waals surface area (Å²) in [6.07, 6.45) is 3.21. The maximum atomic E-state index is 12.7. The van der Waals surface area contributed by atoms with Gasteiger partial charge in [0.1, 0.15) is 17.2 Å². The Labute approximate surface area is 150 Å². The topological polar surface area (TPSA) is 69.5 Å². The van der Waals surface area contributed by atoms with E-state index in [0.29, 0.717) is 30.3 Å². The minimum Gasteiger partial charge on any atom is -0.497 e. The maximum absolute atomic E-state index is 12.7. The lowest BCUT2D eigenvalue weighted by molar-refractivity contribution is 0.0939. The van der Waals surface area contributed by atoms with Crippen molar-refractivity contribution in [1.82, 2.24) is 9.88 Å². The Hall–Kier alpha value is -3.41. The summed E-state index contributed by atoms with van der Waals surface area (Å²) in [6, 6.07) is 15.0. The third kappa shape index (κ3) is 3.09. The van der Waals surface area contributed by atoms with Crippen LogP contribution in [0.1, 0.15) is 21.8 Å². The van der Waals surface area contributed by atoms with E-state index in [0.717, 1.165) is 16.7 Å². The van der Waals surface area contributed by atoms with Crippen LogP contribution >= 0.6 is 0 Å². The first kappa shape index (κ1) is 16.1. The Morgan fingerprint density at radius 3 is 2.85 bits per heavy atom. The van der Waals surface area contributed by atoms with Gasteiger partial charge in [0.2, 0.25) is 5.71 Å². The molecule has 0 aliphatic rings. The molecule has 0 saturated carbocycles. The molecule has 0 bridgehead atoms. The summed E-state index contributed by atoms with van der Waals surface area (Å²) in [7, 11) is 1.63. The summed E-state index contributed by atoms with van der Waals surface area (Å²) in [5, 5.41) is 3.77. The maximum Gasteiger partial charge on any atom is 0.268 e. The van der Waals surface area contributed by atoms with Crippen LogP contribution in [-0.2, 0) is 13.1 Å². The standard InChI is InChI=1S/C20H18N2O4/c1-24-16-5-2-4-14(10-16)13-22-18(11-15-7-9-26-20(15)22)19(23)21-12-17-6-3-8-25-17/h2-11H,12-13H2,1H3,(H,21,23). The number of fused-ring (bicyclic) bond motifs is 1. The summed E-state index contributed by atoms with van der Waals surface area (Å²) < 4.78 is 18.0. The summed E-state index contributed by atoms with van der Waals surface area (Å²) in [6.45, 7) is 0.829. The van der Waals surface area contributed by atoms with Crippen molar-refractivity contribution >= 4 is 17.0 Å². The molecular formula is C20H18N2O4. The van der Waals surface area contributed by atoms with Crippen molar-refractivity contribution in [3.8, 4) is 5.75 Å². The summed E-state index contributed by atoms with van der Waals surface area (Å²) in [4.78, 5) is 12.7. The number of nitrogens with zero attached hydrogens (tertiary/aromatic N) is 1. The molecule has 3 aromatic heterocycles. The third-order valence-corrected chi connectivity index (χ3v) is 4.21. The molecule has 0 spiro atoms. The van der Waals surface area contributed by atoms with Gasteiger partial charge in [-0.1, -0.05) is 12.1 Å². The molecule has 0 aliphatic heterocycles. The predicted octanol–water partition coefficient (Wildman–Crippen LogP) is 3.81. The molecule has 6 heteroatoms. The van der Waals surface area contributed by atoms with Crippen LogP contribution in [0.5, 0.6) is 5.75 Å². The molecular weight excluding hydrogens is 332 g/mol. The van der Waals surface area contributed by atoms with E-state index >= 15 is 0 Å². The number of carbonyl (C=O) groups excluding carboxylic acids is 1. The van der Waals surface area contributed by atoms with Crippen LogP contribution in [-0.4, -0.2) is 17.6 Å². The number of furan rings is 2. The average molecular weight is 350 g/mol. The largest absolute Gasteiger partial charge is 0.497 e. The molecule has 1 amide bonds. The first-order chi connectivity index (χ1) is 12.7. The molecule has 3 heterocycles. The second kappa shape index (κ2) is 6.84. The van der Waals surface area contributed by atoms with E-state index in [2.05, 4.69) is 5.32 Å². The van der Waals surface area contributed by atoms with Crippen LogP contribution in [0.3, 0.4) is 0 Å². The van der Waals surface area contributed by atoms with E-state index in [9.17, 15) is 4.79 Å². The molecule has 0 atom stereocenters. The van der Waals surface area contributed by atoms with Crippen molar-refractivity contribution in [2.45, 2.75) is 13.1 Å². The minimum absolute atomic E-state index is 0.185. The van der Waals surface area contributed by atoms with Crippen molar-refractivity contribution in [3.05, 3.63) is 78.1 Å². The number of methoxy groups -OCH3 is 1. The summed E-state index contributed by atoms with van der Waals surface area (Å²) >= 11 is 0. The van der Waals surface area contributed by atoms with Crippen LogP contribution in [0, 0.1) is 0 Å². The highest BCUT2D eigenvalue weighted by Crippen LogP contribution is 2.23. The Kier molecular flexibility index (Phi) is 4.23. The molecule has 4 rings (SSSR count). The van der Waals surface area contributed by atoms with Gasteiger partial charge in [0, 0.05) is 5.39 Å². The van der Waals surface area contributed by atoms with E-state index < -0.39 is 0 Å². The zero-order valence-electron chi connectivity index (χ0n) is 14.3. The van der Waals surface area contributed by atoms with Crippen molar-refractivity contribution in [3.63, 3.8) is 0 Å². The van der Waals surface area contributed by atoms with E-state index in [1.54, 1.807) is 25.7 Å². The van der Waals surface area contributed by atoms with Gasteiger partial charge < -0.3 is 23.5 Å². The van der Waals surface area contributed by atoms with E-state index in [4.69, 9.17) is 13.6 Å². The molecule has 0 fully saturated rings. The Morgan fingerprint density at radius 2 is 2.04 bits per heavy atom. The molecule has 1 N–H and O–H groups in total. The molecule has 0 saturated heterocycles. The summed E-state index contributed by atoms with van der Waals surface area (Å²) in [5.41, 5.74) is 2.21. The molecule has 132 valence electrons. The number of carbonyl (C=O) groups is 1. The number of amides is 1. The lowest BCUT2D eigenvalue weighted by Gasteiger charge is -2.10. The van der Waals surface area contributed by atoms with Crippen LogP contribution < -0.4 is 10.1 Å². The van der Waals surface area contributed by atoms with E-state index in [1.165, 1.54) is 0 Å². The highest BCUT2D eigenvalue weighted by Gasteiger charge is 2.18. The van der Waals surface area contributed by atoms with Gasteiger partial charge >= 0.3 is 0 Å². The van der Waals surface area contributed by atoms with Gasteiger partial charge in [-0.2, -0.15) is 0 Å². The molecule has 1 aromatic carbocycles. The first-order valence-corrected chi connectivity index (χ1v) is 8.25. The van der Waals surface area contributed by atoms with Crippen LogP contribution in [0.2, 0.25) is 0 Å². The van der Waals surface area contributed by atoms with E-state index in [1.807, 2.05) is 47.0 Å². The van der Waals surface area contributed by atoms with Crippen molar-refractivity contribution in [1.29, 1.82) is 0 Å². The molecule has 0 unspecified atom stereocenters. The fraction of sp³-hybridized carbons (Fsp3) is 0.150. The Balaban J connectivity index is 1.63. The molecule has 0 radical (unpaired) electrons. The fourth-order valence-electron chi connectivity index (χ4n) is 2.94. The molecule has 0 aliphatic carbocycles. The van der Waals surface area contributed by atoms with Crippen molar-refractivity contribution in [2.24, 2.45) is 0 Å². The number of ether oxygens (including phenoxy) is 1. The first-order valence-electron chi connectivity index (χ1n) is 8.25. The van der Waals surface area contributed by atoms with E-state index in [-0.39, 0.29) is 5.91 Å². The molecule has 26 heavy (non-hydrogen) atoms. The van der Waals surface area contributed by atoms with Crippen LogP contribution in [0.15, 0.2) is 69.9 Å². The van der Waals surface area contributed by atoms with Gasteiger partial charge in [0.05, 0.1) is 32.7 Å². The number of hydrogen-bond donors (Lipinski definition) is 1. The number of benzene rings is 1. The lowest BCUT2D eigenvalue weighted by atomic mass is 10.2. The number of aromatic nitrogens is 1. The van der Waals surface area contributed by atoms with Gasteiger partial charge in [-0.15, -0.1) is 0 Å². The lowest BCUT2D eigenvalue weighted by Crippen LogP contribution is -2.25. The second-order valence-electron chi connectivity index (χ2n) is 5.91. The zero-order valence-corrected chi connectivity index (χ0v) is 14.3. The highest BCUT2D eigenvalue weighted by molar-refractivity contribution is 5.97. The van der Waals surface area contributed by atoms with Crippen LogP contribution in [0.25, 0.3) is 11.1 Å². The Bertz CT molecular complexity index is 1030.